The molecule has 1 aromatic heterocycles. The second-order valence-corrected chi connectivity index (χ2v) is 7.11. The maximum absolute atomic E-state index is 12.0. The van der Waals surface area contributed by atoms with Crippen molar-refractivity contribution < 1.29 is 8.42 Å². The molecule has 0 spiro atoms. The van der Waals surface area contributed by atoms with Crippen LogP contribution in [0.1, 0.15) is 30.5 Å². The van der Waals surface area contributed by atoms with E-state index in [1.54, 1.807) is 13.2 Å². The standard InChI is InChI=1S/C12H23N5O2S/c1-10-11(8-14-16-10)9-15-20(18,19)17(2)7-3-6-13-12-4-5-12/h8,12-13,15H,3-7,9H2,1-2H3,(H,14,16). The highest BCUT2D eigenvalue weighted by Gasteiger charge is 2.21. The summed E-state index contributed by atoms with van der Waals surface area (Å²) in [7, 11) is -1.83. The van der Waals surface area contributed by atoms with E-state index >= 15 is 0 Å². The lowest BCUT2D eigenvalue weighted by Gasteiger charge is -2.17. The van der Waals surface area contributed by atoms with Gasteiger partial charge in [-0.2, -0.15) is 22.5 Å². The molecule has 2 rings (SSSR count). The van der Waals surface area contributed by atoms with Crippen molar-refractivity contribution in [2.24, 2.45) is 0 Å². The first-order valence-corrected chi connectivity index (χ1v) is 8.36. The van der Waals surface area contributed by atoms with Crippen LogP contribution in [0.5, 0.6) is 0 Å². The van der Waals surface area contributed by atoms with Gasteiger partial charge in [-0.1, -0.05) is 0 Å². The third-order valence-electron chi connectivity index (χ3n) is 3.45. The van der Waals surface area contributed by atoms with Crippen LogP contribution in [-0.2, 0) is 16.8 Å². The molecule has 1 aromatic rings. The number of aromatic amines is 1. The number of hydrogen-bond donors (Lipinski definition) is 3. The van der Waals surface area contributed by atoms with Gasteiger partial charge in [-0.15, -0.1) is 0 Å². The fourth-order valence-electron chi connectivity index (χ4n) is 1.85. The number of aromatic nitrogens is 2. The molecule has 20 heavy (non-hydrogen) atoms. The zero-order valence-corrected chi connectivity index (χ0v) is 12.8. The number of aryl methyl sites for hydroxylation is 1. The predicted octanol–water partition coefficient (Wildman–Crippen LogP) is 0.126. The Kier molecular flexibility index (Phi) is 5.14. The topological polar surface area (TPSA) is 90.1 Å². The average Bonchev–Trinajstić information content (AvgIpc) is 3.14. The lowest BCUT2D eigenvalue weighted by molar-refractivity contribution is 0.444. The van der Waals surface area contributed by atoms with Crippen molar-refractivity contribution in [1.29, 1.82) is 0 Å². The molecule has 7 nitrogen and oxygen atoms in total. The number of hydrogen-bond acceptors (Lipinski definition) is 4. The van der Waals surface area contributed by atoms with E-state index in [0.29, 0.717) is 12.6 Å². The van der Waals surface area contributed by atoms with E-state index in [4.69, 9.17) is 0 Å². The minimum atomic E-state index is -3.42. The second kappa shape index (κ2) is 6.66. The van der Waals surface area contributed by atoms with E-state index in [1.165, 1.54) is 17.1 Å². The summed E-state index contributed by atoms with van der Waals surface area (Å²) in [5.74, 6) is 0. The lowest BCUT2D eigenvalue weighted by Crippen LogP contribution is -2.39. The highest BCUT2D eigenvalue weighted by molar-refractivity contribution is 7.87. The molecule has 0 unspecified atom stereocenters. The van der Waals surface area contributed by atoms with Gasteiger partial charge in [0.25, 0.3) is 10.2 Å². The molecule has 0 atom stereocenters. The smallest absolute Gasteiger partial charge is 0.279 e. The molecule has 1 fully saturated rings. The molecule has 3 N–H and O–H groups in total. The summed E-state index contributed by atoms with van der Waals surface area (Å²) in [5.41, 5.74) is 1.74. The van der Waals surface area contributed by atoms with Crippen LogP contribution in [0.2, 0.25) is 0 Å². The first-order valence-electron chi connectivity index (χ1n) is 6.92. The molecule has 114 valence electrons. The van der Waals surface area contributed by atoms with Gasteiger partial charge in [-0.05, 0) is 32.7 Å². The third kappa shape index (κ3) is 4.55. The lowest BCUT2D eigenvalue weighted by atomic mass is 10.3. The Labute approximate surface area is 120 Å². The number of nitrogens with one attached hydrogen (secondary N) is 3. The fraction of sp³-hybridized carbons (Fsp3) is 0.750. The molecule has 1 aliphatic carbocycles. The van der Waals surface area contributed by atoms with Crippen molar-refractivity contribution in [3.8, 4) is 0 Å². The SMILES string of the molecule is Cc1[nH]ncc1CNS(=O)(=O)N(C)CCCNC1CC1. The van der Waals surface area contributed by atoms with Crippen LogP contribution >= 0.6 is 0 Å². The van der Waals surface area contributed by atoms with E-state index in [1.807, 2.05) is 6.92 Å². The van der Waals surface area contributed by atoms with Gasteiger partial charge in [0, 0.05) is 37.4 Å². The van der Waals surface area contributed by atoms with Gasteiger partial charge in [0.2, 0.25) is 0 Å². The Morgan fingerprint density at radius 2 is 2.25 bits per heavy atom. The van der Waals surface area contributed by atoms with Crippen LogP contribution in [0.15, 0.2) is 6.20 Å². The normalized spacial score (nSPS) is 15.9. The van der Waals surface area contributed by atoms with Crippen LogP contribution in [0.4, 0.5) is 0 Å². The summed E-state index contributed by atoms with van der Waals surface area (Å²) in [4.78, 5) is 0. The quantitative estimate of drug-likeness (QED) is 0.565. The monoisotopic (exact) mass is 301 g/mol. The van der Waals surface area contributed by atoms with E-state index in [9.17, 15) is 8.42 Å². The minimum absolute atomic E-state index is 0.259. The molecule has 0 radical (unpaired) electrons. The third-order valence-corrected chi connectivity index (χ3v) is 4.96. The van der Waals surface area contributed by atoms with Crippen molar-refractivity contribution in [1.82, 2.24) is 24.5 Å². The van der Waals surface area contributed by atoms with E-state index in [0.717, 1.165) is 24.2 Å². The van der Waals surface area contributed by atoms with Crippen molar-refractivity contribution >= 4 is 10.2 Å². The average molecular weight is 301 g/mol. The molecule has 1 aliphatic rings. The van der Waals surface area contributed by atoms with Gasteiger partial charge in [-0.25, -0.2) is 0 Å². The zero-order chi connectivity index (χ0) is 14.6. The second-order valence-electron chi connectivity index (χ2n) is 5.25. The summed E-state index contributed by atoms with van der Waals surface area (Å²) in [6, 6.07) is 0.666. The molecule has 8 heteroatoms. The van der Waals surface area contributed by atoms with Crippen LogP contribution in [0, 0.1) is 6.92 Å². The first-order chi connectivity index (χ1) is 9.49. The largest absolute Gasteiger partial charge is 0.314 e. The molecule has 0 amide bonds. The maximum atomic E-state index is 12.0. The summed E-state index contributed by atoms with van der Waals surface area (Å²) < 4.78 is 28.0. The van der Waals surface area contributed by atoms with Gasteiger partial charge < -0.3 is 5.32 Å². The molecule has 0 aliphatic heterocycles. The molecule has 0 bridgehead atoms. The molecule has 1 heterocycles. The van der Waals surface area contributed by atoms with Crippen LogP contribution in [0.3, 0.4) is 0 Å². The zero-order valence-electron chi connectivity index (χ0n) is 12.0. The van der Waals surface area contributed by atoms with Gasteiger partial charge in [-0.3, -0.25) is 5.10 Å². The molecule has 1 saturated carbocycles. The van der Waals surface area contributed by atoms with Crippen LogP contribution in [0.25, 0.3) is 0 Å². The molecule has 0 aromatic carbocycles. The molecule has 0 saturated heterocycles. The Morgan fingerprint density at radius 3 is 2.85 bits per heavy atom. The Morgan fingerprint density at radius 1 is 1.50 bits per heavy atom. The number of rotatable bonds is 9. The van der Waals surface area contributed by atoms with Gasteiger partial charge in [0.15, 0.2) is 0 Å². The molecular weight excluding hydrogens is 278 g/mol. The van der Waals surface area contributed by atoms with Crippen molar-refractivity contribution in [2.75, 3.05) is 20.1 Å². The van der Waals surface area contributed by atoms with Crippen molar-refractivity contribution in [3.63, 3.8) is 0 Å². The minimum Gasteiger partial charge on any atom is -0.314 e. The fourth-order valence-corrected chi connectivity index (χ4v) is 2.78. The van der Waals surface area contributed by atoms with Crippen LogP contribution < -0.4 is 10.0 Å². The summed E-state index contributed by atoms with van der Waals surface area (Å²) in [6.45, 7) is 3.50. The van der Waals surface area contributed by atoms with Gasteiger partial charge in [0.05, 0.1) is 6.20 Å². The first kappa shape index (κ1) is 15.4. The Bertz CT molecular complexity index is 524. The molecular formula is C12H23N5O2S. The van der Waals surface area contributed by atoms with E-state index in [-0.39, 0.29) is 6.54 Å². The highest BCUT2D eigenvalue weighted by Crippen LogP contribution is 2.18. The maximum Gasteiger partial charge on any atom is 0.279 e. The summed E-state index contributed by atoms with van der Waals surface area (Å²) in [6.07, 6.45) is 4.95. The van der Waals surface area contributed by atoms with Crippen molar-refractivity contribution in [3.05, 3.63) is 17.5 Å². The summed E-state index contributed by atoms with van der Waals surface area (Å²) in [5, 5.41) is 10.0. The van der Waals surface area contributed by atoms with Crippen LogP contribution in [-0.4, -0.2) is 49.1 Å². The van der Waals surface area contributed by atoms with E-state index < -0.39 is 10.2 Å². The van der Waals surface area contributed by atoms with Crippen molar-refractivity contribution in [2.45, 2.75) is 38.8 Å². The van der Waals surface area contributed by atoms with Gasteiger partial charge in [0.1, 0.15) is 0 Å². The van der Waals surface area contributed by atoms with E-state index in [2.05, 4.69) is 20.2 Å². The number of nitrogens with zero attached hydrogens (tertiary/aromatic N) is 2. The Balaban J connectivity index is 1.71. The Hall–Kier alpha value is -0.960. The van der Waals surface area contributed by atoms with Gasteiger partial charge >= 0.3 is 0 Å². The predicted molar refractivity (Wildman–Crippen MR) is 77.4 cm³/mol. The summed E-state index contributed by atoms with van der Waals surface area (Å²) >= 11 is 0. The highest BCUT2D eigenvalue weighted by atomic mass is 32.2. The number of H-pyrrole nitrogens is 1.